The van der Waals surface area contributed by atoms with Gasteiger partial charge in [0.25, 0.3) is 0 Å². The van der Waals surface area contributed by atoms with Crippen molar-refractivity contribution in [2.24, 2.45) is 0 Å². The first-order valence-corrected chi connectivity index (χ1v) is 15.7. The van der Waals surface area contributed by atoms with Crippen LogP contribution in [0.5, 0.6) is 0 Å². The Morgan fingerprint density at radius 2 is 1.60 bits per heavy atom. The van der Waals surface area contributed by atoms with Crippen LogP contribution in [0.3, 0.4) is 0 Å². The summed E-state index contributed by atoms with van der Waals surface area (Å²) in [6, 6.07) is 21.0. The fourth-order valence-electron chi connectivity index (χ4n) is 4.48. The molecule has 3 aromatic carbocycles. The number of halogens is 2. The van der Waals surface area contributed by atoms with E-state index in [1.54, 1.807) is 42.2 Å². The van der Waals surface area contributed by atoms with E-state index in [2.05, 4.69) is 5.32 Å². The summed E-state index contributed by atoms with van der Waals surface area (Å²) in [5.74, 6) is -0.501. The highest BCUT2D eigenvalue weighted by Gasteiger charge is 2.30. The smallest absolute Gasteiger partial charge is 0.243 e. The summed E-state index contributed by atoms with van der Waals surface area (Å²) >= 11 is 12.3. The van der Waals surface area contributed by atoms with Crippen molar-refractivity contribution in [2.75, 3.05) is 23.7 Å². The normalized spacial score (nSPS) is 12.0. The first kappa shape index (κ1) is 31.5. The summed E-state index contributed by atoms with van der Waals surface area (Å²) < 4.78 is 26.6. The van der Waals surface area contributed by atoms with E-state index in [0.29, 0.717) is 34.3 Å². The Morgan fingerprint density at radius 1 is 0.925 bits per heavy atom. The lowest BCUT2D eigenvalue weighted by molar-refractivity contribution is -0.141. The number of hydrogen-bond acceptors (Lipinski definition) is 4. The van der Waals surface area contributed by atoms with Crippen molar-refractivity contribution in [1.82, 2.24) is 10.2 Å². The molecule has 0 aromatic heterocycles. The van der Waals surface area contributed by atoms with Crippen LogP contribution in [-0.4, -0.2) is 50.5 Å². The molecule has 1 atom stereocenters. The van der Waals surface area contributed by atoms with Gasteiger partial charge in [-0.2, -0.15) is 0 Å². The molecule has 2 amide bonds. The highest BCUT2D eigenvalue weighted by Crippen LogP contribution is 2.28. The Balaban J connectivity index is 1.87. The first-order chi connectivity index (χ1) is 19.0. The Morgan fingerprint density at radius 3 is 2.23 bits per heavy atom. The van der Waals surface area contributed by atoms with Gasteiger partial charge in [0.2, 0.25) is 21.8 Å². The van der Waals surface area contributed by atoms with Crippen LogP contribution in [0.2, 0.25) is 10.0 Å². The van der Waals surface area contributed by atoms with Crippen LogP contribution in [0.1, 0.15) is 36.5 Å². The van der Waals surface area contributed by atoms with Crippen molar-refractivity contribution in [3.05, 3.63) is 99.5 Å². The molecule has 1 N–H and O–H groups in total. The van der Waals surface area contributed by atoms with Crippen LogP contribution >= 0.6 is 23.2 Å². The number of sulfonamides is 1. The zero-order valence-electron chi connectivity index (χ0n) is 22.9. The summed E-state index contributed by atoms with van der Waals surface area (Å²) in [6.07, 6.45) is 1.77. The van der Waals surface area contributed by atoms with Gasteiger partial charge in [-0.05, 0) is 61.2 Å². The lowest BCUT2D eigenvalue weighted by Crippen LogP contribution is -2.50. The molecule has 0 aliphatic rings. The van der Waals surface area contributed by atoms with Gasteiger partial charge in [-0.1, -0.05) is 71.7 Å². The fraction of sp³-hybridized carbons (Fsp3) is 0.333. The number of nitrogens with one attached hydrogen (secondary N) is 1. The van der Waals surface area contributed by atoms with Crippen molar-refractivity contribution < 1.29 is 18.0 Å². The zero-order chi connectivity index (χ0) is 29.3. The Hall–Kier alpha value is -3.07. The molecule has 10 heteroatoms. The van der Waals surface area contributed by atoms with Gasteiger partial charge in [-0.25, -0.2) is 8.42 Å². The largest absolute Gasteiger partial charge is 0.355 e. The van der Waals surface area contributed by atoms with E-state index < -0.39 is 16.1 Å². The number of carbonyl (C=O) groups is 2. The van der Waals surface area contributed by atoms with Crippen LogP contribution < -0.4 is 9.62 Å². The molecular weight excluding hydrogens is 569 g/mol. The highest BCUT2D eigenvalue weighted by atomic mass is 35.5. The maximum Gasteiger partial charge on any atom is 0.243 e. The molecule has 3 rings (SSSR count). The monoisotopic (exact) mass is 603 g/mol. The van der Waals surface area contributed by atoms with E-state index in [1.807, 2.05) is 49.4 Å². The van der Waals surface area contributed by atoms with Crippen molar-refractivity contribution >= 4 is 50.7 Å². The third-order valence-electron chi connectivity index (χ3n) is 6.55. The molecule has 0 bridgehead atoms. The fourth-order valence-corrected chi connectivity index (χ4v) is 5.79. The molecule has 0 unspecified atom stereocenters. The van der Waals surface area contributed by atoms with E-state index in [4.69, 9.17) is 23.2 Å². The van der Waals surface area contributed by atoms with Gasteiger partial charge in [0.15, 0.2) is 0 Å². The van der Waals surface area contributed by atoms with Crippen LogP contribution in [0.25, 0.3) is 0 Å². The van der Waals surface area contributed by atoms with E-state index >= 15 is 0 Å². The predicted molar refractivity (Wildman–Crippen MR) is 162 cm³/mol. The Bertz CT molecular complexity index is 1400. The van der Waals surface area contributed by atoms with Crippen molar-refractivity contribution in [3.63, 3.8) is 0 Å². The standard InChI is InChI=1S/C30H35Cl2N3O4S/c1-4-33-30(37)28(20-23-10-6-5-7-11-23)34(21-24-15-17-25(31)18-16-24)29(36)14-9-19-35(40(3,38)39)27-13-8-12-26(32)22(27)2/h5-8,10-13,15-18,28H,4,9,14,19-21H2,1-3H3,(H,33,37)/t28-/m0/s1. The summed E-state index contributed by atoms with van der Waals surface area (Å²) in [7, 11) is -3.63. The third kappa shape index (κ3) is 8.71. The molecule has 0 aliphatic heterocycles. The lowest BCUT2D eigenvalue weighted by atomic mass is 10.0. The third-order valence-corrected chi connectivity index (χ3v) is 8.39. The molecule has 40 heavy (non-hydrogen) atoms. The maximum absolute atomic E-state index is 13.8. The van der Waals surface area contributed by atoms with Crippen molar-refractivity contribution in [3.8, 4) is 0 Å². The predicted octanol–water partition coefficient (Wildman–Crippen LogP) is 5.62. The van der Waals surface area contributed by atoms with E-state index in [0.717, 1.165) is 17.4 Å². The van der Waals surface area contributed by atoms with Gasteiger partial charge in [0, 0.05) is 42.5 Å². The van der Waals surface area contributed by atoms with Crippen LogP contribution in [0.4, 0.5) is 5.69 Å². The second-order valence-corrected chi connectivity index (χ2v) is 12.3. The Labute approximate surface area is 247 Å². The number of benzene rings is 3. The molecule has 0 fully saturated rings. The Kier molecular flexibility index (Phi) is 11.4. The molecule has 0 aliphatic carbocycles. The maximum atomic E-state index is 13.8. The minimum atomic E-state index is -3.63. The summed E-state index contributed by atoms with van der Waals surface area (Å²) in [5, 5.41) is 3.90. The van der Waals surface area contributed by atoms with Crippen LogP contribution in [0, 0.1) is 6.92 Å². The topological polar surface area (TPSA) is 86.8 Å². The lowest BCUT2D eigenvalue weighted by Gasteiger charge is -2.32. The molecular formula is C30H35Cl2N3O4S. The first-order valence-electron chi connectivity index (χ1n) is 13.1. The number of amides is 2. The molecule has 0 saturated heterocycles. The minimum absolute atomic E-state index is 0.0456. The van der Waals surface area contributed by atoms with Gasteiger partial charge in [-0.15, -0.1) is 0 Å². The average molecular weight is 605 g/mol. The average Bonchev–Trinajstić information content (AvgIpc) is 2.91. The highest BCUT2D eigenvalue weighted by molar-refractivity contribution is 7.92. The van der Waals surface area contributed by atoms with Crippen LogP contribution in [-0.2, 0) is 32.6 Å². The molecule has 0 radical (unpaired) electrons. The number of anilines is 1. The zero-order valence-corrected chi connectivity index (χ0v) is 25.3. The molecule has 0 saturated carbocycles. The summed E-state index contributed by atoms with van der Waals surface area (Å²) in [4.78, 5) is 28.6. The van der Waals surface area contributed by atoms with E-state index in [1.165, 1.54) is 4.31 Å². The number of likely N-dealkylation sites (N-methyl/N-ethyl adjacent to an activating group) is 1. The number of hydrogen-bond donors (Lipinski definition) is 1. The van der Waals surface area contributed by atoms with Gasteiger partial charge in [-0.3, -0.25) is 13.9 Å². The van der Waals surface area contributed by atoms with Crippen molar-refractivity contribution in [2.45, 2.75) is 45.7 Å². The minimum Gasteiger partial charge on any atom is -0.355 e. The van der Waals surface area contributed by atoms with Crippen LogP contribution in [0.15, 0.2) is 72.8 Å². The second kappa shape index (κ2) is 14.5. The van der Waals surface area contributed by atoms with Gasteiger partial charge in [0.1, 0.15) is 6.04 Å². The number of nitrogens with zero attached hydrogens (tertiary/aromatic N) is 2. The van der Waals surface area contributed by atoms with Gasteiger partial charge >= 0.3 is 0 Å². The SMILES string of the molecule is CCNC(=O)[C@H](Cc1ccccc1)N(Cc1ccc(Cl)cc1)C(=O)CCCN(c1cccc(Cl)c1C)S(C)(=O)=O. The van der Waals surface area contributed by atoms with Gasteiger partial charge < -0.3 is 10.2 Å². The molecule has 3 aromatic rings. The molecule has 0 heterocycles. The quantitative estimate of drug-likeness (QED) is 0.274. The van der Waals surface area contributed by atoms with E-state index in [-0.39, 0.29) is 37.7 Å². The summed E-state index contributed by atoms with van der Waals surface area (Å²) in [5.41, 5.74) is 2.87. The number of carbonyl (C=O) groups excluding carboxylic acids is 2. The van der Waals surface area contributed by atoms with Gasteiger partial charge in [0.05, 0.1) is 11.9 Å². The number of rotatable bonds is 13. The second-order valence-electron chi connectivity index (χ2n) is 9.57. The molecule has 214 valence electrons. The molecule has 7 nitrogen and oxygen atoms in total. The van der Waals surface area contributed by atoms with E-state index in [9.17, 15) is 18.0 Å². The van der Waals surface area contributed by atoms with Crippen molar-refractivity contribution in [1.29, 1.82) is 0 Å². The summed E-state index contributed by atoms with van der Waals surface area (Å²) in [6.45, 7) is 4.31. The molecule has 0 spiro atoms.